The minimum Gasteiger partial charge on any atom is -0.496 e. The molecule has 2 fully saturated rings. The Morgan fingerprint density at radius 3 is 2.74 bits per heavy atom. The number of imide groups is 1. The van der Waals surface area contributed by atoms with Gasteiger partial charge < -0.3 is 10.1 Å². The smallest absolute Gasteiger partial charge is 0.346 e. The highest BCUT2D eigenvalue weighted by Gasteiger charge is 2.51. The van der Waals surface area contributed by atoms with E-state index in [-0.39, 0.29) is 5.91 Å². The molecule has 1 aliphatic carbocycles. The minimum absolute atomic E-state index is 0.257. The van der Waals surface area contributed by atoms with Gasteiger partial charge in [-0.1, -0.05) is 35.2 Å². The van der Waals surface area contributed by atoms with Gasteiger partial charge in [-0.15, -0.1) is 5.01 Å². The Bertz CT molecular complexity index is 669. The minimum atomic E-state index is -0.756. The maximum Gasteiger partial charge on any atom is 0.346 e. The van der Waals surface area contributed by atoms with Crippen molar-refractivity contribution in [3.63, 3.8) is 0 Å². The molecule has 2 aliphatic rings. The standard InChI is InChI=1S/C16H18BrN3O3/c1-23-13-6-5-12(17)9-11(13)10-18-20-14(21)16(19-15(20)22)7-3-2-4-8-16/h5-6,9-10H,2-4,7-8H2,1H3,(H,19,22)/b18-10-. The summed E-state index contributed by atoms with van der Waals surface area (Å²) in [5.74, 6) is 0.365. The molecule has 1 N–H and O–H groups in total. The Morgan fingerprint density at radius 2 is 2.04 bits per heavy atom. The molecule has 0 atom stereocenters. The topological polar surface area (TPSA) is 71.0 Å². The fourth-order valence-electron chi connectivity index (χ4n) is 3.13. The number of rotatable bonds is 3. The van der Waals surface area contributed by atoms with Crippen molar-refractivity contribution < 1.29 is 14.3 Å². The highest BCUT2D eigenvalue weighted by Crippen LogP contribution is 2.33. The molecule has 1 aliphatic heterocycles. The Kier molecular flexibility index (Phi) is 4.39. The molecule has 6 nitrogen and oxygen atoms in total. The van der Waals surface area contributed by atoms with Crippen LogP contribution in [0.25, 0.3) is 0 Å². The number of ether oxygens (including phenoxy) is 1. The van der Waals surface area contributed by atoms with Crippen LogP contribution in [0, 0.1) is 0 Å². The zero-order valence-corrected chi connectivity index (χ0v) is 14.4. The first-order valence-electron chi connectivity index (χ1n) is 7.60. The van der Waals surface area contributed by atoms with Crippen molar-refractivity contribution in [2.75, 3.05) is 7.11 Å². The largest absolute Gasteiger partial charge is 0.496 e. The summed E-state index contributed by atoms with van der Waals surface area (Å²) in [5, 5.41) is 7.87. The van der Waals surface area contributed by atoms with E-state index in [2.05, 4.69) is 26.3 Å². The zero-order valence-electron chi connectivity index (χ0n) is 12.8. The van der Waals surface area contributed by atoms with Crippen LogP contribution in [-0.2, 0) is 4.79 Å². The molecule has 1 saturated carbocycles. The highest BCUT2D eigenvalue weighted by atomic mass is 79.9. The van der Waals surface area contributed by atoms with Gasteiger partial charge in [0.2, 0.25) is 0 Å². The van der Waals surface area contributed by atoms with E-state index in [1.165, 1.54) is 6.21 Å². The highest BCUT2D eigenvalue weighted by molar-refractivity contribution is 9.10. The summed E-state index contributed by atoms with van der Waals surface area (Å²) >= 11 is 3.38. The van der Waals surface area contributed by atoms with E-state index >= 15 is 0 Å². The molecular formula is C16H18BrN3O3. The number of carbonyl (C=O) groups excluding carboxylic acids is 2. The fraction of sp³-hybridized carbons (Fsp3) is 0.438. The lowest BCUT2D eigenvalue weighted by atomic mass is 9.82. The molecule has 1 heterocycles. The van der Waals surface area contributed by atoms with Crippen LogP contribution in [0.5, 0.6) is 5.75 Å². The van der Waals surface area contributed by atoms with Gasteiger partial charge in [0.1, 0.15) is 11.3 Å². The molecular weight excluding hydrogens is 362 g/mol. The average Bonchev–Trinajstić information content (AvgIpc) is 2.77. The maximum absolute atomic E-state index is 12.6. The molecule has 3 rings (SSSR count). The van der Waals surface area contributed by atoms with Crippen LogP contribution in [0.2, 0.25) is 0 Å². The Balaban J connectivity index is 1.84. The summed E-state index contributed by atoms with van der Waals surface area (Å²) in [4.78, 5) is 24.8. The number of nitrogens with one attached hydrogen (secondary N) is 1. The molecule has 1 aromatic rings. The number of hydrogen-bond acceptors (Lipinski definition) is 4. The number of urea groups is 1. The Labute approximate surface area is 143 Å². The average molecular weight is 380 g/mol. The normalized spacial score (nSPS) is 20.3. The second kappa shape index (κ2) is 6.31. The first-order valence-corrected chi connectivity index (χ1v) is 8.39. The summed E-state index contributed by atoms with van der Waals surface area (Å²) in [6.07, 6.45) is 5.84. The third-order valence-corrected chi connectivity index (χ3v) is 4.84. The van der Waals surface area contributed by atoms with Gasteiger partial charge in [0.25, 0.3) is 5.91 Å². The molecule has 0 bridgehead atoms. The van der Waals surface area contributed by atoms with Crippen molar-refractivity contribution >= 4 is 34.1 Å². The van der Waals surface area contributed by atoms with E-state index in [0.717, 1.165) is 28.7 Å². The summed E-state index contributed by atoms with van der Waals surface area (Å²) in [5.41, 5.74) is -0.0688. The molecule has 7 heteroatoms. The number of methoxy groups -OCH3 is 1. The van der Waals surface area contributed by atoms with Crippen molar-refractivity contribution in [3.8, 4) is 5.75 Å². The van der Waals surface area contributed by atoms with Crippen LogP contribution in [0.3, 0.4) is 0 Å². The van der Waals surface area contributed by atoms with Gasteiger partial charge in [0, 0.05) is 10.0 Å². The van der Waals surface area contributed by atoms with Gasteiger partial charge in [-0.25, -0.2) is 4.79 Å². The monoisotopic (exact) mass is 379 g/mol. The van der Waals surface area contributed by atoms with Gasteiger partial charge in [0.15, 0.2) is 0 Å². The Hall–Kier alpha value is -1.89. The van der Waals surface area contributed by atoms with Crippen molar-refractivity contribution in [1.82, 2.24) is 10.3 Å². The van der Waals surface area contributed by atoms with Crippen molar-refractivity contribution in [3.05, 3.63) is 28.2 Å². The fourth-order valence-corrected chi connectivity index (χ4v) is 3.51. The number of hydrazone groups is 1. The lowest BCUT2D eigenvalue weighted by molar-refractivity contribution is -0.132. The third-order valence-electron chi connectivity index (χ3n) is 4.35. The summed E-state index contributed by atoms with van der Waals surface area (Å²) < 4.78 is 6.12. The number of amides is 3. The van der Waals surface area contributed by atoms with Crippen molar-refractivity contribution in [2.24, 2.45) is 5.10 Å². The van der Waals surface area contributed by atoms with Gasteiger partial charge in [-0.3, -0.25) is 4.79 Å². The number of nitrogens with zero attached hydrogens (tertiary/aromatic N) is 2. The second-order valence-electron chi connectivity index (χ2n) is 5.82. The number of benzene rings is 1. The molecule has 0 unspecified atom stereocenters. The van der Waals surface area contributed by atoms with E-state index in [0.29, 0.717) is 24.2 Å². The molecule has 23 heavy (non-hydrogen) atoms. The lowest BCUT2D eigenvalue weighted by Crippen LogP contribution is -2.48. The van der Waals surface area contributed by atoms with E-state index in [9.17, 15) is 9.59 Å². The maximum atomic E-state index is 12.6. The van der Waals surface area contributed by atoms with E-state index in [1.807, 2.05) is 12.1 Å². The van der Waals surface area contributed by atoms with E-state index in [4.69, 9.17) is 4.74 Å². The molecule has 1 saturated heterocycles. The molecule has 122 valence electrons. The number of hydrogen-bond donors (Lipinski definition) is 1. The predicted molar refractivity (Wildman–Crippen MR) is 89.5 cm³/mol. The quantitative estimate of drug-likeness (QED) is 0.647. The van der Waals surface area contributed by atoms with Crippen molar-refractivity contribution in [2.45, 2.75) is 37.6 Å². The summed E-state index contributed by atoms with van der Waals surface area (Å²) in [7, 11) is 1.56. The number of carbonyl (C=O) groups is 2. The molecule has 0 aromatic heterocycles. The molecule has 0 radical (unpaired) electrons. The van der Waals surface area contributed by atoms with Crippen LogP contribution in [0.15, 0.2) is 27.8 Å². The first kappa shape index (κ1) is 16.0. The van der Waals surface area contributed by atoms with Crippen molar-refractivity contribution in [1.29, 1.82) is 0 Å². The van der Waals surface area contributed by atoms with Crippen LogP contribution in [0.1, 0.15) is 37.7 Å². The van der Waals surface area contributed by atoms with E-state index in [1.54, 1.807) is 13.2 Å². The molecule has 1 spiro atoms. The van der Waals surface area contributed by atoms with Crippen LogP contribution >= 0.6 is 15.9 Å². The van der Waals surface area contributed by atoms with Gasteiger partial charge in [0.05, 0.1) is 13.3 Å². The SMILES string of the molecule is COc1ccc(Br)cc1/C=N\N1C(=O)NC2(CCCCC2)C1=O. The summed E-state index contributed by atoms with van der Waals surface area (Å²) in [6.45, 7) is 0. The third kappa shape index (κ3) is 2.97. The zero-order chi connectivity index (χ0) is 16.4. The second-order valence-corrected chi connectivity index (χ2v) is 6.74. The van der Waals surface area contributed by atoms with Crippen LogP contribution < -0.4 is 10.1 Å². The van der Waals surface area contributed by atoms with Gasteiger partial charge >= 0.3 is 6.03 Å². The van der Waals surface area contributed by atoms with Gasteiger partial charge in [-0.2, -0.15) is 5.10 Å². The van der Waals surface area contributed by atoms with Crippen LogP contribution in [0.4, 0.5) is 4.79 Å². The molecule has 1 aromatic carbocycles. The first-order chi connectivity index (χ1) is 11.1. The van der Waals surface area contributed by atoms with Gasteiger partial charge in [-0.05, 0) is 31.0 Å². The van der Waals surface area contributed by atoms with E-state index < -0.39 is 11.6 Å². The Morgan fingerprint density at radius 1 is 1.30 bits per heavy atom. The van der Waals surface area contributed by atoms with Crippen LogP contribution in [-0.4, -0.2) is 35.8 Å². The molecule has 3 amide bonds. The summed E-state index contributed by atoms with van der Waals surface area (Å²) in [6, 6.07) is 5.00. The predicted octanol–water partition coefficient (Wildman–Crippen LogP) is 3.05. The number of halogens is 1. The lowest BCUT2D eigenvalue weighted by Gasteiger charge is -2.29.